The van der Waals surface area contributed by atoms with Gasteiger partial charge in [0, 0.05) is 18.9 Å². The van der Waals surface area contributed by atoms with Crippen LogP contribution in [0.5, 0.6) is 0 Å². The molecule has 0 amide bonds. The molecule has 0 aromatic rings. The van der Waals surface area contributed by atoms with E-state index in [1.807, 2.05) is 0 Å². The smallest absolute Gasteiger partial charge is 0.308 e. The molecule has 3 N–H and O–H groups in total. The normalized spacial score (nSPS) is 36.1. The third kappa shape index (κ3) is 1.63. The Morgan fingerprint density at radius 3 is 2.64 bits per heavy atom. The molecule has 1 aliphatic heterocycles. The minimum atomic E-state index is -0.851. The van der Waals surface area contributed by atoms with Crippen LogP contribution >= 0.6 is 0 Å². The molecule has 2 fully saturated rings. The topological polar surface area (TPSA) is 81.8 Å². The van der Waals surface area contributed by atoms with Crippen LogP contribution in [0.4, 0.5) is 0 Å². The molecule has 0 unspecified atom stereocenters. The zero-order valence-corrected chi connectivity index (χ0v) is 7.94. The molecule has 2 aliphatic rings. The van der Waals surface area contributed by atoms with E-state index < -0.39 is 17.7 Å². The molecule has 0 aromatic heterocycles. The number of carboxylic acids is 1. The molecule has 14 heavy (non-hydrogen) atoms. The lowest BCUT2D eigenvalue weighted by Crippen LogP contribution is -2.48. The van der Waals surface area contributed by atoms with Crippen molar-refractivity contribution < 1.29 is 19.4 Å². The molecule has 0 bridgehead atoms. The van der Waals surface area contributed by atoms with Gasteiger partial charge in [-0.3, -0.25) is 4.79 Å². The fraction of sp³-hybridized carbons (Fsp3) is 0.889. The van der Waals surface area contributed by atoms with Crippen LogP contribution in [0, 0.1) is 5.92 Å². The Hall–Kier alpha value is -0.650. The van der Waals surface area contributed by atoms with Gasteiger partial charge in [0.05, 0.1) is 19.1 Å². The van der Waals surface area contributed by atoms with Gasteiger partial charge in [-0.15, -0.1) is 0 Å². The van der Waals surface area contributed by atoms with E-state index in [-0.39, 0.29) is 6.04 Å². The van der Waals surface area contributed by atoms with Gasteiger partial charge in [-0.05, 0) is 6.42 Å². The molecule has 0 radical (unpaired) electrons. The fourth-order valence-corrected chi connectivity index (χ4v) is 2.21. The Morgan fingerprint density at radius 2 is 2.07 bits per heavy atom. The van der Waals surface area contributed by atoms with Crippen molar-refractivity contribution in [1.29, 1.82) is 0 Å². The largest absolute Gasteiger partial charge is 0.481 e. The van der Waals surface area contributed by atoms with Crippen LogP contribution < -0.4 is 5.73 Å². The number of carboxylic acid groups (broad SMARTS) is 1. The maximum absolute atomic E-state index is 10.9. The van der Waals surface area contributed by atoms with Gasteiger partial charge in [0.15, 0.2) is 5.79 Å². The van der Waals surface area contributed by atoms with Crippen molar-refractivity contribution in [2.45, 2.75) is 31.1 Å². The maximum atomic E-state index is 10.9. The molecular weight excluding hydrogens is 186 g/mol. The molecule has 1 spiro atoms. The van der Waals surface area contributed by atoms with Gasteiger partial charge in [0.25, 0.3) is 0 Å². The lowest BCUT2D eigenvalue weighted by atomic mass is 9.81. The molecule has 1 heterocycles. The highest BCUT2D eigenvalue weighted by Crippen LogP contribution is 2.38. The average molecular weight is 201 g/mol. The lowest BCUT2D eigenvalue weighted by molar-refractivity contribution is -0.195. The zero-order valence-electron chi connectivity index (χ0n) is 7.94. The standard InChI is InChI=1S/C9H15NO4/c10-7-1-2-9(13-3-4-14-9)5-6(7)8(11)12/h6-7H,1-5,10H2,(H,11,12)/t6-,7+/m1/s1. The number of rotatable bonds is 1. The number of hydrogen-bond acceptors (Lipinski definition) is 4. The molecule has 0 aromatic carbocycles. The molecule has 1 aliphatic carbocycles. The Bertz CT molecular complexity index is 237. The average Bonchev–Trinajstić information content (AvgIpc) is 2.58. The maximum Gasteiger partial charge on any atom is 0.308 e. The second-order valence-electron chi connectivity index (χ2n) is 3.96. The van der Waals surface area contributed by atoms with Crippen molar-refractivity contribution in [3.63, 3.8) is 0 Å². The minimum Gasteiger partial charge on any atom is -0.481 e. The Morgan fingerprint density at radius 1 is 1.43 bits per heavy atom. The van der Waals surface area contributed by atoms with Crippen LogP contribution in [0.3, 0.4) is 0 Å². The van der Waals surface area contributed by atoms with E-state index in [2.05, 4.69) is 0 Å². The highest BCUT2D eigenvalue weighted by molar-refractivity contribution is 5.71. The Balaban J connectivity index is 2.08. The molecule has 5 nitrogen and oxygen atoms in total. The Kier molecular flexibility index (Phi) is 2.47. The van der Waals surface area contributed by atoms with Gasteiger partial charge >= 0.3 is 5.97 Å². The van der Waals surface area contributed by atoms with Crippen LogP contribution in [0.2, 0.25) is 0 Å². The van der Waals surface area contributed by atoms with Gasteiger partial charge in [-0.2, -0.15) is 0 Å². The van der Waals surface area contributed by atoms with Gasteiger partial charge < -0.3 is 20.3 Å². The first kappa shape index (κ1) is 9.89. The highest BCUT2D eigenvalue weighted by Gasteiger charge is 2.46. The van der Waals surface area contributed by atoms with Crippen LogP contribution in [-0.2, 0) is 14.3 Å². The predicted molar refractivity (Wildman–Crippen MR) is 47.6 cm³/mol. The summed E-state index contributed by atoms with van der Waals surface area (Å²) < 4.78 is 10.9. The summed E-state index contributed by atoms with van der Waals surface area (Å²) in [5.74, 6) is -2.05. The van der Waals surface area contributed by atoms with Crippen LogP contribution in [0.25, 0.3) is 0 Å². The summed E-state index contributed by atoms with van der Waals surface area (Å²) in [6.45, 7) is 1.11. The third-order valence-corrected chi connectivity index (χ3v) is 3.04. The summed E-state index contributed by atoms with van der Waals surface area (Å²) in [4.78, 5) is 10.9. The van der Waals surface area contributed by atoms with Crippen molar-refractivity contribution in [2.75, 3.05) is 13.2 Å². The summed E-state index contributed by atoms with van der Waals surface area (Å²) in [5.41, 5.74) is 5.74. The van der Waals surface area contributed by atoms with Gasteiger partial charge in [-0.25, -0.2) is 0 Å². The first-order chi connectivity index (χ1) is 6.63. The molecule has 2 rings (SSSR count). The van der Waals surface area contributed by atoms with Gasteiger partial charge in [0.2, 0.25) is 0 Å². The molecule has 1 saturated heterocycles. The minimum absolute atomic E-state index is 0.272. The van der Waals surface area contributed by atoms with E-state index in [1.54, 1.807) is 0 Å². The van der Waals surface area contributed by atoms with E-state index in [0.29, 0.717) is 32.5 Å². The quantitative estimate of drug-likeness (QED) is 0.621. The fourth-order valence-electron chi connectivity index (χ4n) is 2.21. The second kappa shape index (κ2) is 3.49. The summed E-state index contributed by atoms with van der Waals surface area (Å²) >= 11 is 0. The van der Waals surface area contributed by atoms with Crippen LogP contribution in [0.15, 0.2) is 0 Å². The predicted octanol–water partition coefficient (Wildman–Crippen LogP) is -0.0585. The van der Waals surface area contributed by atoms with Crippen molar-refractivity contribution in [2.24, 2.45) is 11.7 Å². The summed E-state index contributed by atoms with van der Waals surface area (Å²) in [6, 6.07) is -0.272. The zero-order chi connectivity index (χ0) is 10.2. The van der Waals surface area contributed by atoms with Gasteiger partial charge in [0.1, 0.15) is 0 Å². The summed E-state index contributed by atoms with van der Waals surface area (Å²) in [6.07, 6.45) is 1.73. The van der Waals surface area contributed by atoms with E-state index in [9.17, 15) is 4.79 Å². The monoisotopic (exact) mass is 201 g/mol. The van der Waals surface area contributed by atoms with E-state index in [0.717, 1.165) is 0 Å². The van der Waals surface area contributed by atoms with Crippen molar-refractivity contribution >= 4 is 5.97 Å². The Labute approximate surface area is 82.2 Å². The first-order valence-corrected chi connectivity index (χ1v) is 4.89. The van der Waals surface area contributed by atoms with Crippen molar-refractivity contribution in [1.82, 2.24) is 0 Å². The molecule has 1 saturated carbocycles. The number of aliphatic carboxylic acids is 1. The third-order valence-electron chi connectivity index (χ3n) is 3.04. The van der Waals surface area contributed by atoms with Crippen molar-refractivity contribution in [3.8, 4) is 0 Å². The SMILES string of the molecule is N[C@H]1CCC2(C[C@H]1C(=O)O)OCCO2. The molecule has 2 atom stereocenters. The highest BCUT2D eigenvalue weighted by atomic mass is 16.7. The molecule has 5 heteroatoms. The molecule has 80 valence electrons. The first-order valence-electron chi connectivity index (χ1n) is 4.89. The summed E-state index contributed by atoms with van der Waals surface area (Å²) in [7, 11) is 0. The van der Waals surface area contributed by atoms with E-state index in [1.165, 1.54) is 0 Å². The number of ether oxygens (including phenoxy) is 2. The van der Waals surface area contributed by atoms with E-state index >= 15 is 0 Å². The van der Waals surface area contributed by atoms with Crippen molar-refractivity contribution in [3.05, 3.63) is 0 Å². The molecular formula is C9H15NO4. The number of hydrogen-bond donors (Lipinski definition) is 2. The number of nitrogens with two attached hydrogens (primary N) is 1. The van der Waals surface area contributed by atoms with E-state index in [4.69, 9.17) is 20.3 Å². The second-order valence-corrected chi connectivity index (χ2v) is 3.96. The van der Waals surface area contributed by atoms with Crippen LogP contribution in [0.1, 0.15) is 19.3 Å². The van der Waals surface area contributed by atoms with Crippen LogP contribution in [-0.4, -0.2) is 36.1 Å². The van der Waals surface area contributed by atoms with Gasteiger partial charge in [-0.1, -0.05) is 0 Å². The lowest BCUT2D eigenvalue weighted by Gasteiger charge is -2.37. The summed E-state index contributed by atoms with van der Waals surface area (Å²) in [5, 5.41) is 8.96. The number of carbonyl (C=O) groups is 1.